The third-order valence-corrected chi connectivity index (χ3v) is 4.02. The average molecular weight is 217 g/mol. The first-order valence-electron chi connectivity index (χ1n) is 6.49. The molecule has 0 spiro atoms. The number of nitrogens with two attached hydrogens (primary N) is 1. The van der Waals surface area contributed by atoms with Gasteiger partial charge in [0.05, 0.1) is 0 Å². The number of hydrogen-bond donors (Lipinski definition) is 1. The molecule has 1 nitrogen and oxygen atoms in total. The van der Waals surface area contributed by atoms with Crippen LogP contribution in [0.3, 0.4) is 0 Å². The van der Waals surface area contributed by atoms with Gasteiger partial charge in [-0.3, -0.25) is 0 Å². The van der Waals surface area contributed by atoms with Crippen molar-refractivity contribution in [2.24, 2.45) is 11.7 Å². The highest BCUT2D eigenvalue weighted by Crippen LogP contribution is 2.32. The molecule has 0 radical (unpaired) electrons. The first-order valence-corrected chi connectivity index (χ1v) is 6.49. The second-order valence-corrected chi connectivity index (χ2v) is 5.34. The molecule has 2 N–H and O–H groups in total. The lowest BCUT2D eigenvalue weighted by atomic mass is 9.93. The molecule has 1 unspecified atom stereocenters. The Kier molecular flexibility index (Phi) is 3.65. The van der Waals surface area contributed by atoms with E-state index in [0.29, 0.717) is 0 Å². The summed E-state index contributed by atoms with van der Waals surface area (Å²) in [6.45, 7) is 4.32. The van der Waals surface area contributed by atoms with Crippen LogP contribution in [0.5, 0.6) is 0 Å². The van der Waals surface area contributed by atoms with Crippen molar-refractivity contribution in [3.63, 3.8) is 0 Å². The molecule has 1 atom stereocenters. The van der Waals surface area contributed by atoms with Crippen LogP contribution in [0.15, 0.2) is 18.2 Å². The molecule has 0 amide bonds. The lowest BCUT2D eigenvalue weighted by Gasteiger charge is -2.17. The van der Waals surface area contributed by atoms with Crippen LogP contribution in [0.1, 0.15) is 54.8 Å². The first kappa shape index (κ1) is 11.7. The largest absolute Gasteiger partial charge is 0.324 e. The molecular weight excluding hydrogens is 194 g/mol. The van der Waals surface area contributed by atoms with Crippen LogP contribution in [0.4, 0.5) is 0 Å². The molecule has 0 bridgehead atoms. The van der Waals surface area contributed by atoms with Gasteiger partial charge in [0.2, 0.25) is 0 Å². The molecule has 1 aromatic rings. The fourth-order valence-corrected chi connectivity index (χ4v) is 2.74. The van der Waals surface area contributed by atoms with E-state index in [9.17, 15) is 0 Å². The van der Waals surface area contributed by atoms with Crippen molar-refractivity contribution in [3.8, 4) is 0 Å². The van der Waals surface area contributed by atoms with Crippen molar-refractivity contribution >= 4 is 0 Å². The highest BCUT2D eigenvalue weighted by Gasteiger charge is 2.18. The predicted octanol–water partition coefficient (Wildman–Crippen LogP) is 3.88. The third kappa shape index (κ3) is 2.65. The minimum Gasteiger partial charge on any atom is -0.324 e. The van der Waals surface area contributed by atoms with E-state index in [4.69, 9.17) is 5.73 Å². The van der Waals surface area contributed by atoms with Crippen LogP contribution in [-0.2, 0) is 0 Å². The Hall–Kier alpha value is -0.820. The second-order valence-electron chi connectivity index (χ2n) is 5.34. The molecule has 1 aromatic carbocycles. The first-order chi connectivity index (χ1) is 7.66. The summed E-state index contributed by atoms with van der Waals surface area (Å²) >= 11 is 0. The molecule has 1 heteroatoms. The van der Waals surface area contributed by atoms with Gasteiger partial charge < -0.3 is 5.73 Å². The summed E-state index contributed by atoms with van der Waals surface area (Å²) in [5, 5.41) is 0. The van der Waals surface area contributed by atoms with E-state index in [1.807, 2.05) is 0 Å². The quantitative estimate of drug-likeness (QED) is 0.817. The molecule has 0 aromatic heterocycles. The van der Waals surface area contributed by atoms with Crippen LogP contribution >= 0.6 is 0 Å². The summed E-state index contributed by atoms with van der Waals surface area (Å²) in [4.78, 5) is 0. The summed E-state index contributed by atoms with van der Waals surface area (Å²) < 4.78 is 0. The van der Waals surface area contributed by atoms with Crippen LogP contribution in [0.25, 0.3) is 0 Å². The zero-order valence-corrected chi connectivity index (χ0v) is 10.5. The molecule has 0 aliphatic heterocycles. The van der Waals surface area contributed by atoms with Crippen molar-refractivity contribution < 1.29 is 0 Å². The lowest BCUT2D eigenvalue weighted by molar-refractivity contribution is 0.450. The molecule has 2 rings (SSSR count). The van der Waals surface area contributed by atoms with E-state index in [0.717, 1.165) is 5.92 Å². The molecule has 1 saturated carbocycles. The van der Waals surface area contributed by atoms with E-state index in [1.54, 1.807) is 0 Å². The Morgan fingerprint density at radius 2 is 1.88 bits per heavy atom. The monoisotopic (exact) mass is 217 g/mol. The van der Waals surface area contributed by atoms with Crippen molar-refractivity contribution in [3.05, 3.63) is 34.9 Å². The zero-order chi connectivity index (χ0) is 11.5. The van der Waals surface area contributed by atoms with E-state index in [1.165, 1.54) is 48.8 Å². The van der Waals surface area contributed by atoms with Gasteiger partial charge in [-0.1, -0.05) is 43.9 Å². The minimum atomic E-state index is 0.238. The molecule has 16 heavy (non-hydrogen) atoms. The van der Waals surface area contributed by atoms with Gasteiger partial charge >= 0.3 is 0 Å². The Morgan fingerprint density at radius 1 is 1.19 bits per heavy atom. The second kappa shape index (κ2) is 5.01. The van der Waals surface area contributed by atoms with Crippen LogP contribution in [-0.4, -0.2) is 0 Å². The Balaban J connectivity index is 2.02. The third-order valence-electron chi connectivity index (χ3n) is 4.02. The van der Waals surface area contributed by atoms with Gasteiger partial charge in [0.25, 0.3) is 0 Å². The van der Waals surface area contributed by atoms with Gasteiger partial charge in [-0.05, 0) is 42.9 Å². The average Bonchev–Trinajstić information content (AvgIpc) is 2.74. The Bertz CT molecular complexity index is 350. The fraction of sp³-hybridized carbons (Fsp3) is 0.600. The maximum Gasteiger partial charge on any atom is 0.0297 e. The van der Waals surface area contributed by atoms with Crippen molar-refractivity contribution in [1.29, 1.82) is 0 Å². The van der Waals surface area contributed by atoms with Crippen molar-refractivity contribution in [2.75, 3.05) is 0 Å². The van der Waals surface area contributed by atoms with Gasteiger partial charge in [-0.15, -0.1) is 0 Å². The van der Waals surface area contributed by atoms with E-state index >= 15 is 0 Å². The van der Waals surface area contributed by atoms with E-state index in [2.05, 4.69) is 32.0 Å². The standard InChI is InChI=1S/C15H23N/c1-11-7-8-14(9-12(11)2)15(16)10-13-5-3-4-6-13/h7-9,13,15H,3-6,10,16H2,1-2H3. The van der Waals surface area contributed by atoms with Crippen LogP contribution in [0, 0.1) is 19.8 Å². The molecule has 1 fully saturated rings. The Morgan fingerprint density at radius 3 is 2.50 bits per heavy atom. The van der Waals surface area contributed by atoms with Crippen LogP contribution < -0.4 is 5.73 Å². The molecule has 1 aliphatic rings. The fourth-order valence-electron chi connectivity index (χ4n) is 2.74. The molecular formula is C15H23N. The molecule has 1 aliphatic carbocycles. The SMILES string of the molecule is Cc1ccc(C(N)CC2CCCC2)cc1C. The number of aryl methyl sites for hydroxylation is 2. The van der Waals surface area contributed by atoms with Gasteiger partial charge in [0.15, 0.2) is 0 Å². The Labute approximate surface area is 99.0 Å². The predicted molar refractivity (Wildman–Crippen MR) is 69.4 cm³/mol. The van der Waals surface area contributed by atoms with Gasteiger partial charge in [-0.2, -0.15) is 0 Å². The van der Waals surface area contributed by atoms with Gasteiger partial charge in [0, 0.05) is 6.04 Å². The van der Waals surface area contributed by atoms with Gasteiger partial charge in [-0.25, -0.2) is 0 Å². The van der Waals surface area contributed by atoms with Gasteiger partial charge in [0.1, 0.15) is 0 Å². The zero-order valence-electron chi connectivity index (χ0n) is 10.5. The molecule has 0 heterocycles. The maximum atomic E-state index is 6.29. The minimum absolute atomic E-state index is 0.238. The summed E-state index contributed by atoms with van der Waals surface area (Å²) in [5.41, 5.74) is 10.3. The number of rotatable bonds is 3. The highest BCUT2D eigenvalue weighted by atomic mass is 14.6. The van der Waals surface area contributed by atoms with Crippen molar-refractivity contribution in [2.45, 2.75) is 52.0 Å². The summed E-state index contributed by atoms with van der Waals surface area (Å²) in [7, 11) is 0. The van der Waals surface area contributed by atoms with Crippen LogP contribution in [0.2, 0.25) is 0 Å². The number of hydrogen-bond acceptors (Lipinski definition) is 1. The summed E-state index contributed by atoms with van der Waals surface area (Å²) in [5.74, 6) is 0.872. The summed E-state index contributed by atoms with van der Waals surface area (Å²) in [6.07, 6.45) is 6.76. The lowest BCUT2D eigenvalue weighted by Crippen LogP contribution is -2.14. The number of benzene rings is 1. The maximum absolute atomic E-state index is 6.29. The summed E-state index contributed by atoms with van der Waals surface area (Å²) in [6, 6.07) is 6.89. The normalized spacial score (nSPS) is 18.9. The topological polar surface area (TPSA) is 26.0 Å². The van der Waals surface area contributed by atoms with E-state index < -0.39 is 0 Å². The molecule has 0 saturated heterocycles. The van der Waals surface area contributed by atoms with E-state index in [-0.39, 0.29) is 6.04 Å². The smallest absolute Gasteiger partial charge is 0.0297 e. The molecule has 88 valence electrons. The van der Waals surface area contributed by atoms with Crippen molar-refractivity contribution in [1.82, 2.24) is 0 Å². The highest BCUT2D eigenvalue weighted by molar-refractivity contribution is 5.31.